The first-order chi connectivity index (χ1) is 10.6. The molecule has 0 spiro atoms. The summed E-state index contributed by atoms with van der Waals surface area (Å²) >= 11 is 3.40. The summed E-state index contributed by atoms with van der Waals surface area (Å²) in [6.45, 7) is 1.84. The van der Waals surface area contributed by atoms with Crippen molar-refractivity contribution in [2.45, 2.75) is 18.1 Å². The number of thioether (sulfide) groups is 1. The van der Waals surface area contributed by atoms with Crippen molar-refractivity contribution in [3.05, 3.63) is 44.9 Å². The molecule has 0 N–H and O–H groups in total. The number of hydrogen-bond donors (Lipinski definition) is 0. The Bertz CT molecular complexity index is 733. The summed E-state index contributed by atoms with van der Waals surface area (Å²) < 4.78 is 11.8. The second-order valence-electron chi connectivity index (χ2n) is 4.81. The highest BCUT2D eigenvalue weighted by atomic mass is 32.2. The van der Waals surface area contributed by atoms with Crippen molar-refractivity contribution in [1.82, 2.24) is 4.57 Å². The molecule has 0 amide bonds. The standard InChI is InChI=1S/C15H15NO4S2/c1-8-11(14(17)19-2)12(15(18)20-3)9-7-22-13(16(8)9)10-5-4-6-21-10/h4-6,13H,7H2,1-3H3. The number of carbonyl (C=O) groups is 2. The van der Waals surface area contributed by atoms with Crippen LogP contribution in [0.2, 0.25) is 0 Å². The summed E-state index contributed by atoms with van der Waals surface area (Å²) in [4.78, 5) is 25.5. The monoisotopic (exact) mass is 337 g/mol. The lowest BCUT2D eigenvalue weighted by molar-refractivity contribution is 0.0555. The third kappa shape index (κ3) is 2.16. The highest BCUT2D eigenvalue weighted by molar-refractivity contribution is 7.99. The zero-order chi connectivity index (χ0) is 15.9. The van der Waals surface area contributed by atoms with Crippen molar-refractivity contribution in [1.29, 1.82) is 0 Å². The quantitative estimate of drug-likeness (QED) is 0.805. The van der Waals surface area contributed by atoms with Gasteiger partial charge in [0.05, 0.1) is 25.3 Å². The van der Waals surface area contributed by atoms with Crippen LogP contribution in [-0.4, -0.2) is 30.7 Å². The molecule has 0 saturated carbocycles. The molecular weight excluding hydrogens is 322 g/mol. The Balaban J connectivity index is 2.21. The Labute approximate surface area is 136 Å². The van der Waals surface area contributed by atoms with Gasteiger partial charge >= 0.3 is 11.9 Å². The molecule has 3 rings (SSSR count). The number of esters is 2. The number of thiophene rings is 1. The van der Waals surface area contributed by atoms with Gasteiger partial charge in [0.15, 0.2) is 0 Å². The van der Waals surface area contributed by atoms with E-state index < -0.39 is 11.9 Å². The molecular formula is C15H15NO4S2. The van der Waals surface area contributed by atoms with Crippen molar-refractivity contribution in [3.8, 4) is 0 Å². The van der Waals surface area contributed by atoms with E-state index in [4.69, 9.17) is 9.47 Å². The summed E-state index contributed by atoms with van der Waals surface area (Å²) in [7, 11) is 2.64. The number of methoxy groups -OCH3 is 2. The van der Waals surface area contributed by atoms with Gasteiger partial charge in [0, 0.05) is 22.0 Å². The van der Waals surface area contributed by atoms with Crippen molar-refractivity contribution >= 4 is 35.0 Å². The second kappa shape index (κ2) is 5.81. The van der Waals surface area contributed by atoms with E-state index in [1.807, 2.05) is 18.4 Å². The summed E-state index contributed by atoms with van der Waals surface area (Å²) in [5.74, 6) is -0.343. The van der Waals surface area contributed by atoms with Gasteiger partial charge in [0.25, 0.3) is 0 Å². The van der Waals surface area contributed by atoms with Crippen molar-refractivity contribution < 1.29 is 19.1 Å². The largest absolute Gasteiger partial charge is 0.465 e. The number of nitrogens with zero attached hydrogens (tertiary/aromatic N) is 1. The lowest BCUT2D eigenvalue weighted by Crippen LogP contribution is -2.12. The van der Waals surface area contributed by atoms with Crippen LogP contribution in [0.4, 0.5) is 0 Å². The predicted molar refractivity (Wildman–Crippen MR) is 85.6 cm³/mol. The number of fused-ring (bicyclic) bond motifs is 1. The topological polar surface area (TPSA) is 57.5 Å². The second-order valence-corrected chi connectivity index (χ2v) is 6.86. The van der Waals surface area contributed by atoms with Crippen LogP contribution in [0.3, 0.4) is 0 Å². The third-order valence-electron chi connectivity index (χ3n) is 3.73. The van der Waals surface area contributed by atoms with Crippen molar-refractivity contribution in [2.24, 2.45) is 0 Å². The lowest BCUT2D eigenvalue weighted by atomic mass is 10.1. The summed E-state index contributed by atoms with van der Waals surface area (Å²) in [6.07, 6.45) is 0. The minimum absolute atomic E-state index is 0.0804. The molecule has 0 aliphatic carbocycles. The van der Waals surface area contributed by atoms with Gasteiger partial charge in [-0.05, 0) is 18.4 Å². The van der Waals surface area contributed by atoms with Crippen LogP contribution in [0.15, 0.2) is 17.5 Å². The lowest BCUT2D eigenvalue weighted by Gasteiger charge is -2.13. The zero-order valence-electron chi connectivity index (χ0n) is 12.4. The SMILES string of the molecule is COC(=O)c1c(C(=O)OC)c2n(c1C)C(c1cccs1)SC2. The van der Waals surface area contributed by atoms with Crippen LogP contribution in [0, 0.1) is 6.92 Å². The molecule has 0 radical (unpaired) electrons. The Kier molecular flexibility index (Phi) is 4.01. The summed E-state index contributed by atoms with van der Waals surface area (Å²) in [5.41, 5.74) is 2.21. The van der Waals surface area contributed by atoms with E-state index in [1.165, 1.54) is 19.1 Å². The smallest absolute Gasteiger partial charge is 0.340 e. The van der Waals surface area contributed by atoms with Gasteiger partial charge in [0.1, 0.15) is 5.37 Å². The van der Waals surface area contributed by atoms with E-state index in [1.54, 1.807) is 23.1 Å². The summed E-state index contributed by atoms with van der Waals surface area (Å²) in [6, 6.07) is 4.06. The minimum Gasteiger partial charge on any atom is -0.465 e. The average Bonchev–Trinajstić information content (AvgIpc) is 3.22. The van der Waals surface area contributed by atoms with Crippen LogP contribution < -0.4 is 0 Å². The normalized spacial score (nSPS) is 16.4. The van der Waals surface area contributed by atoms with Gasteiger partial charge in [-0.1, -0.05) is 6.07 Å². The Morgan fingerprint density at radius 1 is 1.23 bits per heavy atom. The van der Waals surface area contributed by atoms with Crippen LogP contribution in [0.5, 0.6) is 0 Å². The van der Waals surface area contributed by atoms with E-state index in [0.717, 1.165) is 11.4 Å². The van der Waals surface area contributed by atoms with Gasteiger partial charge in [-0.2, -0.15) is 0 Å². The highest BCUT2D eigenvalue weighted by Gasteiger charge is 2.37. The molecule has 0 fully saturated rings. The highest BCUT2D eigenvalue weighted by Crippen LogP contribution is 2.46. The summed E-state index contributed by atoms with van der Waals surface area (Å²) in [5, 5.41) is 2.10. The van der Waals surface area contributed by atoms with Crippen LogP contribution in [0.1, 0.15) is 42.4 Å². The molecule has 0 saturated heterocycles. The molecule has 22 heavy (non-hydrogen) atoms. The zero-order valence-corrected chi connectivity index (χ0v) is 14.0. The van der Waals surface area contributed by atoms with Gasteiger partial charge in [-0.25, -0.2) is 9.59 Å². The number of rotatable bonds is 3. The average molecular weight is 337 g/mol. The van der Waals surface area contributed by atoms with E-state index in [9.17, 15) is 9.59 Å². The van der Waals surface area contributed by atoms with Crippen LogP contribution in [0.25, 0.3) is 0 Å². The van der Waals surface area contributed by atoms with Crippen LogP contribution in [-0.2, 0) is 15.2 Å². The third-order valence-corrected chi connectivity index (χ3v) is 6.03. The molecule has 1 unspecified atom stereocenters. The molecule has 5 nitrogen and oxygen atoms in total. The first kappa shape index (κ1) is 15.2. The first-order valence-electron chi connectivity index (χ1n) is 6.65. The maximum atomic E-state index is 12.2. The number of ether oxygens (including phenoxy) is 2. The van der Waals surface area contributed by atoms with Crippen molar-refractivity contribution in [3.63, 3.8) is 0 Å². The van der Waals surface area contributed by atoms with Crippen molar-refractivity contribution in [2.75, 3.05) is 14.2 Å². The fraction of sp³-hybridized carbons (Fsp3) is 0.333. The predicted octanol–water partition coefficient (Wildman–Crippen LogP) is 3.22. The molecule has 3 heterocycles. The van der Waals surface area contributed by atoms with E-state index in [0.29, 0.717) is 16.9 Å². The number of aromatic nitrogens is 1. The molecule has 1 aliphatic rings. The minimum atomic E-state index is -0.505. The van der Waals surface area contributed by atoms with E-state index in [2.05, 4.69) is 10.6 Å². The maximum Gasteiger partial charge on any atom is 0.340 e. The molecule has 2 aromatic rings. The van der Waals surface area contributed by atoms with Gasteiger partial charge in [0.2, 0.25) is 0 Å². The maximum absolute atomic E-state index is 12.2. The molecule has 116 valence electrons. The van der Waals surface area contributed by atoms with Crippen LogP contribution >= 0.6 is 23.1 Å². The molecule has 7 heteroatoms. The van der Waals surface area contributed by atoms with E-state index in [-0.39, 0.29) is 5.37 Å². The molecule has 0 aromatic carbocycles. The molecule has 1 atom stereocenters. The van der Waals surface area contributed by atoms with Gasteiger partial charge in [-0.3, -0.25) is 0 Å². The molecule has 0 bridgehead atoms. The fourth-order valence-electron chi connectivity index (χ4n) is 2.77. The molecule has 2 aromatic heterocycles. The fourth-order valence-corrected chi connectivity index (χ4v) is 5.12. The Morgan fingerprint density at radius 3 is 2.50 bits per heavy atom. The van der Waals surface area contributed by atoms with E-state index >= 15 is 0 Å². The molecule has 1 aliphatic heterocycles. The Morgan fingerprint density at radius 2 is 1.91 bits per heavy atom. The van der Waals surface area contributed by atoms with Gasteiger partial charge < -0.3 is 14.0 Å². The first-order valence-corrected chi connectivity index (χ1v) is 8.58. The number of hydrogen-bond acceptors (Lipinski definition) is 6. The number of carbonyl (C=O) groups excluding carboxylic acids is 2. The van der Waals surface area contributed by atoms with Gasteiger partial charge in [-0.15, -0.1) is 23.1 Å². The Hall–Kier alpha value is -1.73.